The largest absolute Gasteiger partial charge is 0.456 e. The number of hydrogen-bond donors (Lipinski definition) is 3. The number of nitrogens with one attached hydrogen (secondary N) is 2. The van der Waals surface area contributed by atoms with Gasteiger partial charge in [0.25, 0.3) is 5.56 Å². The molecule has 11 heteroatoms. The van der Waals surface area contributed by atoms with Gasteiger partial charge in [0.1, 0.15) is 22.1 Å². The SMILES string of the molecule is N/C(=N\N1CCOCC1)c1c(Nc2ccc(Oc3cc(Cl)ccc3Cl)cc2)s[nH]c1=O. The number of morpholine rings is 1. The molecule has 2 aromatic carbocycles. The van der Waals surface area contributed by atoms with E-state index in [9.17, 15) is 4.79 Å². The molecule has 0 aliphatic carbocycles. The van der Waals surface area contributed by atoms with Gasteiger partial charge in [0.15, 0.2) is 5.84 Å². The van der Waals surface area contributed by atoms with Crippen molar-refractivity contribution < 1.29 is 9.47 Å². The Bertz CT molecular complexity index is 1140. The van der Waals surface area contributed by atoms with Crippen molar-refractivity contribution in [1.82, 2.24) is 9.38 Å². The van der Waals surface area contributed by atoms with E-state index in [2.05, 4.69) is 14.8 Å². The van der Waals surface area contributed by atoms with E-state index in [1.54, 1.807) is 35.3 Å². The highest BCUT2D eigenvalue weighted by atomic mass is 35.5. The van der Waals surface area contributed by atoms with Crippen LogP contribution in [0.25, 0.3) is 0 Å². The van der Waals surface area contributed by atoms with Crippen molar-refractivity contribution in [2.75, 3.05) is 31.6 Å². The summed E-state index contributed by atoms with van der Waals surface area (Å²) in [5.41, 5.74) is 6.90. The summed E-state index contributed by atoms with van der Waals surface area (Å²) in [6.45, 7) is 2.42. The predicted octanol–water partition coefficient (Wildman–Crippen LogP) is 4.23. The Labute approximate surface area is 192 Å². The van der Waals surface area contributed by atoms with Gasteiger partial charge in [-0.2, -0.15) is 5.10 Å². The minimum absolute atomic E-state index is 0.155. The lowest BCUT2D eigenvalue weighted by molar-refractivity contribution is 0.0393. The highest BCUT2D eigenvalue weighted by molar-refractivity contribution is 7.10. The van der Waals surface area contributed by atoms with E-state index in [1.807, 2.05) is 12.1 Å². The van der Waals surface area contributed by atoms with Crippen LogP contribution in [0.4, 0.5) is 10.7 Å². The highest BCUT2D eigenvalue weighted by Crippen LogP contribution is 2.32. The Morgan fingerprint density at radius 3 is 2.68 bits per heavy atom. The average molecular weight is 480 g/mol. The van der Waals surface area contributed by atoms with Crippen LogP contribution < -0.4 is 21.3 Å². The second-order valence-corrected chi connectivity index (χ2v) is 8.27. The fourth-order valence-corrected chi connectivity index (χ4v) is 3.98. The third-order valence-corrected chi connectivity index (χ3v) is 5.77. The normalized spacial score (nSPS) is 14.5. The van der Waals surface area contributed by atoms with Crippen molar-refractivity contribution in [2.45, 2.75) is 0 Å². The molecule has 0 bridgehead atoms. The van der Waals surface area contributed by atoms with Crippen LogP contribution in [0.15, 0.2) is 52.4 Å². The second kappa shape index (κ2) is 9.61. The zero-order valence-electron chi connectivity index (χ0n) is 16.2. The molecular weight excluding hydrogens is 461 g/mol. The van der Waals surface area contributed by atoms with Gasteiger partial charge in [0.2, 0.25) is 0 Å². The highest BCUT2D eigenvalue weighted by Gasteiger charge is 2.17. The predicted molar refractivity (Wildman–Crippen MR) is 124 cm³/mol. The third kappa shape index (κ3) is 5.31. The van der Waals surface area contributed by atoms with Gasteiger partial charge >= 0.3 is 0 Å². The molecule has 0 saturated carbocycles. The quantitative estimate of drug-likeness (QED) is 0.360. The van der Waals surface area contributed by atoms with Gasteiger partial charge in [-0.15, -0.1) is 0 Å². The first kappa shape index (κ1) is 21.5. The molecule has 1 saturated heterocycles. The number of nitrogens with zero attached hydrogens (tertiary/aromatic N) is 2. The summed E-state index contributed by atoms with van der Waals surface area (Å²) in [6.07, 6.45) is 0. The van der Waals surface area contributed by atoms with Crippen LogP contribution in [0.1, 0.15) is 5.56 Å². The molecule has 1 fully saturated rings. The minimum Gasteiger partial charge on any atom is -0.456 e. The van der Waals surface area contributed by atoms with Gasteiger partial charge in [0.05, 0.1) is 31.3 Å². The number of ether oxygens (including phenoxy) is 2. The lowest BCUT2D eigenvalue weighted by atomic mass is 10.2. The first-order chi connectivity index (χ1) is 15.0. The Hall–Kier alpha value is -2.72. The molecule has 3 aromatic rings. The van der Waals surface area contributed by atoms with Crippen LogP contribution >= 0.6 is 34.7 Å². The number of nitrogens with two attached hydrogens (primary N) is 1. The molecule has 1 aromatic heterocycles. The number of H-pyrrole nitrogens is 1. The van der Waals surface area contributed by atoms with E-state index < -0.39 is 0 Å². The number of amidine groups is 1. The van der Waals surface area contributed by atoms with Crippen LogP contribution in [0, 0.1) is 0 Å². The standard InChI is InChI=1S/C20H19Cl2N5O3S/c21-12-1-6-15(22)16(11-12)30-14-4-2-13(3-5-14)24-20-17(19(28)26-31-20)18(23)25-27-7-9-29-10-8-27/h1-6,11,24H,7-10H2,(H2,23,25)(H,26,28). The van der Waals surface area contributed by atoms with Crippen LogP contribution in [0.2, 0.25) is 10.0 Å². The number of anilines is 2. The number of hydrogen-bond acceptors (Lipinski definition) is 7. The van der Waals surface area contributed by atoms with Crippen molar-refractivity contribution in [3.05, 3.63) is 68.4 Å². The first-order valence-electron chi connectivity index (χ1n) is 9.38. The van der Waals surface area contributed by atoms with Crippen molar-refractivity contribution in [3.8, 4) is 11.5 Å². The molecule has 0 radical (unpaired) electrons. The van der Waals surface area contributed by atoms with Gasteiger partial charge in [-0.3, -0.25) is 14.2 Å². The second-order valence-electron chi connectivity index (χ2n) is 6.61. The molecule has 0 amide bonds. The summed E-state index contributed by atoms with van der Waals surface area (Å²) in [6, 6.07) is 12.2. The smallest absolute Gasteiger partial charge is 0.271 e. The van der Waals surface area contributed by atoms with Crippen molar-refractivity contribution in [3.63, 3.8) is 0 Å². The Balaban J connectivity index is 1.49. The Morgan fingerprint density at radius 1 is 1.19 bits per heavy atom. The monoisotopic (exact) mass is 479 g/mol. The maximum Gasteiger partial charge on any atom is 0.271 e. The number of rotatable bonds is 6. The van der Waals surface area contributed by atoms with E-state index in [0.717, 1.165) is 17.2 Å². The van der Waals surface area contributed by atoms with Crippen molar-refractivity contribution in [2.24, 2.45) is 10.8 Å². The molecule has 0 spiro atoms. The Morgan fingerprint density at radius 2 is 1.94 bits per heavy atom. The maximum absolute atomic E-state index is 12.3. The summed E-state index contributed by atoms with van der Waals surface area (Å²) in [5, 5.41) is 10.9. The zero-order chi connectivity index (χ0) is 21.8. The van der Waals surface area contributed by atoms with E-state index in [0.29, 0.717) is 58.4 Å². The van der Waals surface area contributed by atoms with E-state index in [4.69, 9.17) is 38.4 Å². The van der Waals surface area contributed by atoms with Crippen LogP contribution in [0.3, 0.4) is 0 Å². The van der Waals surface area contributed by atoms with E-state index in [-0.39, 0.29) is 11.4 Å². The van der Waals surface area contributed by atoms with Gasteiger partial charge in [-0.25, -0.2) is 0 Å². The molecule has 0 unspecified atom stereocenters. The summed E-state index contributed by atoms with van der Waals surface area (Å²) < 4.78 is 13.8. The molecule has 2 heterocycles. The molecule has 8 nitrogen and oxygen atoms in total. The molecule has 0 atom stereocenters. The van der Waals surface area contributed by atoms with Crippen molar-refractivity contribution >= 4 is 51.3 Å². The van der Waals surface area contributed by atoms with Crippen LogP contribution in [-0.2, 0) is 4.74 Å². The Kier molecular flexibility index (Phi) is 6.67. The van der Waals surface area contributed by atoms with Gasteiger partial charge in [-0.1, -0.05) is 23.2 Å². The molecule has 162 valence electrons. The maximum atomic E-state index is 12.3. The number of benzene rings is 2. The van der Waals surface area contributed by atoms with Gasteiger partial charge in [0, 0.05) is 16.8 Å². The zero-order valence-corrected chi connectivity index (χ0v) is 18.6. The average Bonchev–Trinajstić information content (AvgIpc) is 3.13. The molecular formula is C20H19Cl2N5O3S. The fourth-order valence-electron chi connectivity index (χ4n) is 2.90. The van der Waals surface area contributed by atoms with E-state index >= 15 is 0 Å². The molecule has 4 rings (SSSR count). The number of halogens is 2. The lowest BCUT2D eigenvalue weighted by Gasteiger charge is -2.24. The van der Waals surface area contributed by atoms with E-state index in [1.165, 1.54) is 0 Å². The lowest BCUT2D eigenvalue weighted by Crippen LogP contribution is -2.35. The van der Waals surface area contributed by atoms with Crippen LogP contribution in [-0.4, -0.2) is 41.5 Å². The van der Waals surface area contributed by atoms with Gasteiger partial charge in [-0.05, 0) is 47.9 Å². The number of aromatic nitrogens is 1. The molecule has 4 N–H and O–H groups in total. The number of aromatic amines is 1. The first-order valence-corrected chi connectivity index (χ1v) is 11.0. The molecule has 1 aliphatic heterocycles. The molecule has 31 heavy (non-hydrogen) atoms. The summed E-state index contributed by atoms with van der Waals surface area (Å²) in [5.74, 6) is 1.21. The minimum atomic E-state index is -0.294. The third-order valence-electron chi connectivity index (χ3n) is 4.43. The molecule has 1 aliphatic rings. The summed E-state index contributed by atoms with van der Waals surface area (Å²) in [4.78, 5) is 12.3. The summed E-state index contributed by atoms with van der Waals surface area (Å²) >= 11 is 13.3. The number of hydrazone groups is 1. The summed E-state index contributed by atoms with van der Waals surface area (Å²) in [7, 11) is 0. The van der Waals surface area contributed by atoms with Gasteiger partial charge < -0.3 is 20.5 Å². The van der Waals surface area contributed by atoms with Crippen molar-refractivity contribution in [1.29, 1.82) is 0 Å². The fraction of sp³-hybridized carbons (Fsp3) is 0.200. The topological polar surface area (TPSA) is 105 Å². The van der Waals surface area contributed by atoms with Crippen LogP contribution in [0.5, 0.6) is 11.5 Å².